The Morgan fingerprint density at radius 2 is 1.72 bits per heavy atom. The molecule has 5 heteroatoms. The fraction of sp³-hybridized carbons (Fsp3) is 0.300. The molecule has 1 aliphatic rings. The summed E-state index contributed by atoms with van der Waals surface area (Å²) in [7, 11) is 0. The van der Waals surface area contributed by atoms with Crippen LogP contribution in [-0.2, 0) is 22.4 Å². The fourth-order valence-corrected chi connectivity index (χ4v) is 3.15. The number of hydrazine groups is 1. The molecule has 5 nitrogen and oxygen atoms in total. The van der Waals surface area contributed by atoms with Gasteiger partial charge in [0.05, 0.1) is 13.0 Å². The second kappa shape index (κ2) is 7.83. The van der Waals surface area contributed by atoms with Gasteiger partial charge in [0.1, 0.15) is 0 Å². The highest BCUT2D eigenvalue weighted by Crippen LogP contribution is 2.26. The molecule has 0 saturated carbocycles. The van der Waals surface area contributed by atoms with Crippen LogP contribution in [0.1, 0.15) is 23.1 Å². The molecule has 2 aromatic rings. The minimum Gasteiger partial charge on any atom is -0.362 e. The molecule has 0 bridgehead atoms. The number of carbonyl (C=O) groups is 2. The number of aryl methyl sites for hydroxylation is 2. The Labute approximate surface area is 148 Å². The van der Waals surface area contributed by atoms with Gasteiger partial charge >= 0.3 is 0 Å². The van der Waals surface area contributed by atoms with Crippen molar-refractivity contribution in [3.63, 3.8) is 0 Å². The summed E-state index contributed by atoms with van der Waals surface area (Å²) >= 11 is 0. The minimum atomic E-state index is -0.221. The van der Waals surface area contributed by atoms with E-state index >= 15 is 0 Å². The Hall–Kier alpha value is -2.82. The van der Waals surface area contributed by atoms with Crippen molar-refractivity contribution < 1.29 is 9.59 Å². The van der Waals surface area contributed by atoms with E-state index in [1.165, 1.54) is 5.56 Å². The quantitative estimate of drug-likeness (QED) is 0.840. The van der Waals surface area contributed by atoms with Crippen LogP contribution in [0.3, 0.4) is 0 Å². The van der Waals surface area contributed by atoms with Crippen LogP contribution in [-0.4, -0.2) is 24.9 Å². The standard InChI is InChI=1S/C20H23N3O2/c1-15-7-2-3-9-17(15)13-19(24)21-22-20(25)14-23-12-6-10-16-8-4-5-11-18(16)23/h2-5,7-9,11H,6,10,12-14H2,1H3,(H,21,24)(H,22,25). The summed E-state index contributed by atoms with van der Waals surface area (Å²) < 4.78 is 0. The second-order valence-corrected chi connectivity index (χ2v) is 6.35. The van der Waals surface area contributed by atoms with E-state index in [9.17, 15) is 9.59 Å². The maximum atomic E-state index is 12.2. The number of para-hydroxylation sites is 1. The van der Waals surface area contributed by atoms with Crippen LogP contribution in [0, 0.1) is 6.92 Å². The zero-order valence-corrected chi connectivity index (χ0v) is 14.4. The monoisotopic (exact) mass is 337 g/mol. The van der Waals surface area contributed by atoms with Gasteiger partial charge in [-0.2, -0.15) is 0 Å². The van der Waals surface area contributed by atoms with E-state index in [0.29, 0.717) is 0 Å². The zero-order chi connectivity index (χ0) is 17.6. The van der Waals surface area contributed by atoms with Gasteiger partial charge in [0.15, 0.2) is 0 Å². The average Bonchev–Trinajstić information content (AvgIpc) is 2.62. The molecule has 130 valence electrons. The second-order valence-electron chi connectivity index (χ2n) is 6.35. The first-order valence-corrected chi connectivity index (χ1v) is 8.58. The lowest BCUT2D eigenvalue weighted by molar-refractivity contribution is -0.127. The van der Waals surface area contributed by atoms with Gasteiger partial charge in [-0.05, 0) is 42.5 Å². The van der Waals surface area contributed by atoms with Crippen LogP contribution in [0.15, 0.2) is 48.5 Å². The van der Waals surface area contributed by atoms with Crippen LogP contribution in [0.2, 0.25) is 0 Å². The average molecular weight is 337 g/mol. The third kappa shape index (κ3) is 4.38. The summed E-state index contributed by atoms with van der Waals surface area (Å²) in [6, 6.07) is 15.9. The molecule has 0 atom stereocenters. The molecule has 25 heavy (non-hydrogen) atoms. The van der Waals surface area contributed by atoms with E-state index in [4.69, 9.17) is 0 Å². The lowest BCUT2D eigenvalue weighted by Crippen LogP contribution is -2.47. The van der Waals surface area contributed by atoms with Gasteiger partial charge in [0.25, 0.3) is 5.91 Å². The zero-order valence-electron chi connectivity index (χ0n) is 14.4. The largest absolute Gasteiger partial charge is 0.362 e. The maximum absolute atomic E-state index is 12.2. The van der Waals surface area contributed by atoms with Crippen molar-refractivity contribution in [1.82, 2.24) is 10.9 Å². The molecule has 0 fully saturated rings. The molecular formula is C20H23N3O2. The number of anilines is 1. The Morgan fingerprint density at radius 1 is 1.00 bits per heavy atom. The van der Waals surface area contributed by atoms with Gasteiger partial charge in [0.2, 0.25) is 5.91 Å². The highest BCUT2D eigenvalue weighted by atomic mass is 16.2. The fourth-order valence-electron chi connectivity index (χ4n) is 3.15. The summed E-state index contributed by atoms with van der Waals surface area (Å²) in [4.78, 5) is 26.3. The van der Waals surface area contributed by atoms with Gasteiger partial charge in [-0.15, -0.1) is 0 Å². The van der Waals surface area contributed by atoms with Crippen molar-refractivity contribution in [3.05, 3.63) is 65.2 Å². The van der Waals surface area contributed by atoms with Crippen molar-refractivity contribution in [2.75, 3.05) is 18.0 Å². The molecule has 1 heterocycles. The molecular weight excluding hydrogens is 314 g/mol. The highest BCUT2D eigenvalue weighted by molar-refractivity contribution is 5.86. The third-order valence-corrected chi connectivity index (χ3v) is 4.49. The summed E-state index contributed by atoms with van der Waals surface area (Å²) in [6.07, 6.45) is 2.32. The molecule has 0 saturated heterocycles. The first-order chi connectivity index (χ1) is 12.1. The number of rotatable bonds is 4. The lowest BCUT2D eigenvalue weighted by Gasteiger charge is -2.30. The van der Waals surface area contributed by atoms with Gasteiger partial charge in [-0.3, -0.25) is 20.4 Å². The number of nitrogens with zero attached hydrogens (tertiary/aromatic N) is 1. The maximum Gasteiger partial charge on any atom is 0.257 e. The predicted molar refractivity (Wildman–Crippen MR) is 98.1 cm³/mol. The van der Waals surface area contributed by atoms with E-state index in [1.807, 2.05) is 49.4 Å². The molecule has 2 amide bonds. The summed E-state index contributed by atoms with van der Waals surface area (Å²) in [5, 5.41) is 0. The van der Waals surface area contributed by atoms with Gasteiger partial charge in [-0.1, -0.05) is 42.5 Å². The number of hydrogen-bond acceptors (Lipinski definition) is 3. The molecule has 0 spiro atoms. The number of hydrogen-bond donors (Lipinski definition) is 2. The summed E-state index contributed by atoms with van der Waals surface area (Å²) in [5.74, 6) is -0.434. The number of benzene rings is 2. The molecule has 0 radical (unpaired) electrons. The molecule has 1 aliphatic heterocycles. The molecule has 0 unspecified atom stereocenters. The minimum absolute atomic E-state index is 0.213. The van der Waals surface area contributed by atoms with Crippen molar-refractivity contribution in [2.45, 2.75) is 26.2 Å². The van der Waals surface area contributed by atoms with Crippen LogP contribution in [0.25, 0.3) is 0 Å². The number of carbonyl (C=O) groups excluding carboxylic acids is 2. The van der Waals surface area contributed by atoms with Gasteiger partial charge in [-0.25, -0.2) is 0 Å². The number of amides is 2. The predicted octanol–water partition coefficient (Wildman–Crippen LogP) is 2.14. The van der Waals surface area contributed by atoms with Crippen molar-refractivity contribution in [1.29, 1.82) is 0 Å². The summed E-state index contributed by atoms with van der Waals surface area (Å²) in [5.41, 5.74) is 9.42. The van der Waals surface area contributed by atoms with E-state index in [1.54, 1.807) is 0 Å². The van der Waals surface area contributed by atoms with E-state index in [0.717, 1.165) is 36.2 Å². The molecule has 2 N–H and O–H groups in total. The molecule has 0 aliphatic carbocycles. The van der Waals surface area contributed by atoms with Crippen LogP contribution in [0.5, 0.6) is 0 Å². The van der Waals surface area contributed by atoms with Crippen LogP contribution < -0.4 is 15.8 Å². The Kier molecular flexibility index (Phi) is 5.33. The first kappa shape index (κ1) is 17.0. The van der Waals surface area contributed by atoms with Gasteiger partial charge < -0.3 is 4.90 Å². The van der Waals surface area contributed by atoms with Crippen LogP contribution >= 0.6 is 0 Å². The first-order valence-electron chi connectivity index (χ1n) is 8.58. The van der Waals surface area contributed by atoms with E-state index in [2.05, 4.69) is 21.8 Å². The van der Waals surface area contributed by atoms with E-state index < -0.39 is 0 Å². The lowest BCUT2D eigenvalue weighted by atomic mass is 10.0. The van der Waals surface area contributed by atoms with E-state index in [-0.39, 0.29) is 24.8 Å². The van der Waals surface area contributed by atoms with Gasteiger partial charge in [0, 0.05) is 12.2 Å². The molecule has 0 aromatic heterocycles. The normalized spacial score (nSPS) is 13.1. The molecule has 2 aromatic carbocycles. The van der Waals surface area contributed by atoms with Crippen molar-refractivity contribution in [2.24, 2.45) is 0 Å². The Morgan fingerprint density at radius 3 is 2.56 bits per heavy atom. The van der Waals surface area contributed by atoms with Crippen LogP contribution in [0.4, 0.5) is 5.69 Å². The SMILES string of the molecule is Cc1ccccc1CC(=O)NNC(=O)CN1CCCc2ccccc21. The Bertz CT molecular complexity index is 773. The number of nitrogens with one attached hydrogen (secondary N) is 2. The Balaban J connectivity index is 1.50. The molecule has 3 rings (SSSR count). The topological polar surface area (TPSA) is 61.4 Å². The summed E-state index contributed by atoms with van der Waals surface area (Å²) in [6.45, 7) is 3.05. The number of fused-ring (bicyclic) bond motifs is 1. The third-order valence-electron chi connectivity index (χ3n) is 4.49. The highest BCUT2D eigenvalue weighted by Gasteiger charge is 2.18. The van der Waals surface area contributed by atoms with Crippen molar-refractivity contribution >= 4 is 17.5 Å². The van der Waals surface area contributed by atoms with Crippen molar-refractivity contribution in [3.8, 4) is 0 Å². The smallest absolute Gasteiger partial charge is 0.257 e.